The molecule has 1 aliphatic rings. The number of rotatable bonds is 2. The van der Waals surface area contributed by atoms with Crippen LogP contribution < -0.4 is 5.32 Å². The maximum absolute atomic E-state index is 13.6. The summed E-state index contributed by atoms with van der Waals surface area (Å²) in [5.74, 6) is -0.0838. The number of piperidine rings is 1. The molecule has 0 bridgehead atoms. The second-order valence-corrected chi connectivity index (χ2v) is 4.68. The van der Waals surface area contributed by atoms with Gasteiger partial charge in [0.2, 0.25) is 5.82 Å². The molecule has 5 nitrogen and oxygen atoms in total. The molecule has 6 heteroatoms. The van der Waals surface area contributed by atoms with Crippen LogP contribution in [0.4, 0.5) is 4.39 Å². The van der Waals surface area contributed by atoms with E-state index in [-0.39, 0.29) is 17.3 Å². The van der Waals surface area contributed by atoms with Gasteiger partial charge in [0.1, 0.15) is 11.4 Å². The van der Waals surface area contributed by atoms with E-state index < -0.39 is 11.4 Å². The highest BCUT2D eigenvalue weighted by molar-refractivity contribution is 5.54. The SMILES string of the molecule is OC1(c2nc(-c3ccccc3F)no2)CCNCC1. The first-order valence-electron chi connectivity index (χ1n) is 6.21. The Hall–Kier alpha value is -1.79. The molecule has 0 aliphatic carbocycles. The smallest absolute Gasteiger partial charge is 0.259 e. The zero-order chi connectivity index (χ0) is 13.3. The van der Waals surface area contributed by atoms with Crippen molar-refractivity contribution >= 4 is 0 Å². The first kappa shape index (κ1) is 12.3. The van der Waals surface area contributed by atoms with Crippen LogP contribution in [0.15, 0.2) is 28.8 Å². The molecule has 0 unspecified atom stereocenters. The van der Waals surface area contributed by atoms with E-state index in [4.69, 9.17) is 4.52 Å². The fraction of sp³-hybridized carbons (Fsp3) is 0.385. The summed E-state index contributed by atoms with van der Waals surface area (Å²) in [7, 11) is 0. The number of aliphatic hydroxyl groups is 1. The fourth-order valence-corrected chi connectivity index (χ4v) is 2.22. The Morgan fingerprint density at radius 2 is 2.00 bits per heavy atom. The summed E-state index contributed by atoms with van der Waals surface area (Å²) < 4.78 is 18.7. The minimum Gasteiger partial charge on any atom is -0.380 e. The van der Waals surface area contributed by atoms with E-state index in [0.29, 0.717) is 25.9 Å². The minimum absolute atomic E-state index is 0.159. The summed E-state index contributed by atoms with van der Waals surface area (Å²) in [5.41, 5.74) is -0.836. The maximum atomic E-state index is 13.6. The van der Waals surface area contributed by atoms with Crippen LogP contribution in [0, 0.1) is 5.82 Å². The number of aromatic nitrogens is 2. The third-order valence-electron chi connectivity index (χ3n) is 3.37. The van der Waals surface area contributed by atoms with E-state index in [0.717, 1.165) is 0 Å². The maximum Gasteiger partial charge on any atom is 0.259 e. The Bertz CT molecular complexity index is 579. The predicted octanol–water partition coefficient (Wildman–Crippen LogP) is 1.45. The predicted molar refractivity (Wildman–Crippen MR) is 65.7 cm³/mol. The van der Waals surface area contributed by atoms with Crippen molar-refractivity contribution in [3.05, 3.63) is 36.0 Å². The fourth-order valence-electron chi connectivity index (χ4n) is 2.22. The van der Waals surface area contributed by atoms with E-state index in [1.807, 2.05) is 0 Å². The van der Waals surface area contributed by atoms with Gasteiger partial charge in [-0.2, -0.15) is 4.98 Å². The molecule has 3 rings (SSSR count). The molecule has 1 fully saturated rings. The summed E-state index contributed by atoms with van der Waals surface area (Å²) in [6.45, 7) is 1.38. The Balaban J connectivity index is 1.93. The van der Waals surface area contributed by atoms with Gasteiger partial charge in [-0.15, -0.1) is 0 Å². The molecule has 0 spiro atoms. The van der Waals surface area contributed by atoms with E-state index in [1.54, 1.807) is 18.2 Å². The molecular formula is C13H14FN3O2. The third-order valence-corrected chi connectivity index (χ3v) is 3.37. The van der Waals surface area contributed by atoms with Gasteiger partial charge in [-0.05, 0) is 38.1 Å². The van der Waals surface area contributed by atoms with Gasteiger partial charge in [0, 0.05) is 0 Å². The van der Waals surface area contributed by atoms with Crippen LogP contribution in [0.2, 0.25) is 0 Å². The summed E-state index contributed by atoms with van der Waals surface area (Å²) >= 11 is 0. The van der Waals surface area contributed by atoms with Crippen molar-refractivity contribution in [3.8, 4) is 11.4 Å². The van der Waals surface area contributed by atoms with E-state index in [1.165, 1.54) is 6.07 Å². The quantitative estimate of drug-likeness (QED) is 0.858. The average Bonchev–Trinajstić information content (AvgIpc) is 2.90. The Labute approximate surface area is 109 Å². The number of nitrogens with one attached hydrogen (secondary N) is 1. The molecular weight excluding hydrogens is 249 g/mol. The average molecular weight is 263 g/mol. The largest absolute Gasteiger partial charge is 0.380 e. The molecule has 1 saturated heterocycles. The van der Waals surface area contributed by atoms with Crippen LogP contribution in [-0.4, -0.2) is 28.3 Å². The minimum atomic E-state index is -1.11. The van der Waals surface area contributed by atoms with E-state index >= 15 is 0 Å². The number of hydrogen-bond donors (Lipinski definition) is 2. The lowest BCUT2D eigenvalue weighted by atomic mass is 9.92. The Kier molecular flexibility index (Phi) is 3.04. The van der Waals surface area contributed by atoms with Gasteiger partial charge in [-0.1, -0.05) is 17.3 Å². The topological polar surface area (TPSA) is 71.2 Å². The lowest BCUT2D eigenvalue weighted by molar-refractivity contribution is -0.0228. The van der Waals surface area contributed by atoms with Crippen molar-refractivity contribution in [1.29, 1.82) is 0 Å². The highest BCUT2D eigenvalue weighted by atomic mass is 19.1. The molecule has 2 N–H and O–H groups in total. The second-order valence-electron chi connectivity index (χ2n) is 4.68. The van der Waals surface area contributed by atoms with Crippen LogP contribution in [0.1, 0.15) is 18.7 Å². The molecule has 0 amide bonds. The zero-order valence-electron chi connectivity index (χ0n) is 10.3. The van der Waals surface area contributed by atoms with Crippen molar-refractivity contribution in [2.75, 3.05) is 13.1 Å². The van der Waals surface area contributed by atoms with Crippen LogP contribution in [0.5, 0.6) is 0 Å². The molecule has 0 saturated carbocycles. The van der Waals surface area contributed by atoms with Crippen molar-refractivity contribution < 1.29 is 14.0 Å². The summed E-state index contributed by atoms with van der Waals surface area (Å²) in [4.78, 5) is 4.14. The Morgan fingerprint density at radius 3 is 2.74 bits per heavy atom. The van der Waals surface area contributed by atoms with Gasteiger partial charge >= 0.3 is 0 Å². The van der Waals surface area contributed by atoms with E-state index in [2.05, 4.69) is 15.5 Å². The van der Waals surface area contributed by atoms with Crippen LogP contribution in [0.3, 0.4) is 0 Å². The van der Waals surface area contributed by atoms with Gasteiger partial charge in [0.25, 0.3) is 5.89 Å². The van der Waals surface area contributed by atoms with Crippen molar-refractivity contribution in [2.24, 2.45) is 0 Å². The van der Waals surface area contributed by atoms with Gasteiger partial charge in [0.05, 0.1) is 5.56 Å². The van der Waals surface area contributed by atoms with Crippen LogP contribution >= 0.6 is 0 Å². The van der Waals surface area contributed by atoms with Crippen molar-refractivity contribution in [3.63, 3.8) is 0 Å². The molecule has 1 aromatic heterocycles. The first-order chi connectivity index (χ1) is 9.19. The third kappa shape index (κ3) is 2.24. The molecule has 19 heavy (non-hydrogen) atoms. The summed E-state index contributed by atoms with van der Waals surface area (Å²) in [6, 6.07) is 6.22. The number of nitrogens with zero attached hydrogens (tertiary/aromatic N) is 2. The monoisotopic (exact) mass is 263 g/mol. The molecule has 2 aromatic rings. The first-order valence-corrected chi connectivity index (χ1v) is 6.21. The van der Waals surface area contributed by atoms with Gasteiger partial charge in [-0.3, -0.25) is 0 Å². The normalized spacial score (nSPS) is 18.4. The lowest BCUT2D eigenvalue weighted by Gasteiger charge is -2.28. The zero-order valence-corrected chi connectivity index (χ0v) is 10.3. The second kappa shape index (κ2) is 4.71. The molecule has 0 radical (unpaired) electrons. The number of hydrogen-bond acceptors (Lipinski definition) is 5. The van der Waals surface area contributed by atoms with Crippen molar-refractivity contribution in [2.45, 2.75) is 18.4 Å². The van der Waals surface area contributed by atoms with Crippen molar-refractivity contribution in [1.82, 2.24) is 15.5 Å². The standard InChI is InChI=1S/C13H14FN3O2/c14-10-4-2-1-3-9(10)11-16-12(19-17-11)13(18)5-7-15-8-6-13/h1-4,15,18H,5-8H2. The molecule has 100 valence electrons. The number of benzene rings is 1. The van der Waals surface area contributed by atoms with E-state index in [9.17, 15) is 9.50 Å². The molecule has 1 aromatic carbocycles. The van der Waals surface area contributed by atoms with Crippen LogP contribution in [-0.2, 0) is 5.60 Å². The molecule has 2 heterocycles. The van der Waals surface area contributed by atoms with Gasteiger partial charge in [0.15, 0.2) is 0 Å². The summed E-state index contributed by atoms with van der Waals surface area (Å²) in [6.07, 6.45) is 1.01. The highest BCUT2D eigenvalue weighted by Gasteiger charge is 2.37. The summed E-state index contributed by atoms with van der Waals surface area (Å²) in [5, 5.41) is 17.4. The lowest BCUT2D eigenvalue weighted by Crippen LogP contribution is -2.39. The molecule has 0 atom stereocenters. The number of halogens is 1. The van der Waals surface area contributed by atoms with Gasteiger partial charge in [-0.25, -0.2) is 4.39 Å². The molecule has 1 aliphatic heterocycles. The van der Waals surface area contributed by atoms with Crippen LogP contribution in [0.25, 0.3) is 11.4 Å². The van der Waals surface area contributed by atoms with Gasteiger partial charge < -0.3 is 14.9 Å². The highest BCUT2D eigenvalue weighted by Crippen LogP contribution is 2.30. The Morgan fingerprint density at radius 1 is 1.26 bits per heavy atom.